The van der Waals surface area contributed by atoms with Gasteiger partial charge in [-0.25, -0.2) is 8.42 Å². The number of hydrogen-bond donors (Lipinski definition) is 2. The van der Waals surface area contributed by atoms with E-state index in [2.05, 4.69) is 10.3 Å². The second-order valence-corrected chi connectivity index (χ2v) is 7.67. The van der Waals surface area contributed by atoms with Crippen molar-refractivity contribution in [2.45, 2.75) is 31.7 Å². The van der Waals surface area contributed by atoms with E-state index in [9.17, 15) is 13.2 Å². The van der Waals surface area contributed by atoms with E-state index >= 15 is 0 Å². The largest absolute Gasteiger partial charge is 0.356 e. The van der Waals surface area contributed by atoms with Crippen LogP contribution >= 0.6 is 11.6 Å². The molecule has 1 amide bonds. The summed E-state index contributed by atoms with van der Waals surface area (Å²) < 4.78 is 25.0. The van der Waals surface area contributed by atoms with Gasteiger partial charge in [-0.3, -0.25) is 4.79 Å². The highest BCUT2D eigenvalue weighted by molar-refractivity contribution is 7.88. The van der Waals surface area contributed by atoms with Crippen LogP contribution in [0.15, 0.2) is 12.3 Å². The van der Waals surface area contributed by atoms with E-state index in [1.165, 1.54) is 6.26 Å². The molecule has 0 unspecified atom stereocenters. The summed E-state index contributed by atoms with van der Waals surface area (Å²) in [5.74, 6) is -0.233. The molecule has 2 heterocycles. The molecule has 0 spiro atoms. The van der Waals surface area contributed by atoms with Gasteiger partial charge >= 0.3 is 0 Å². The molecular weight excluding hydrogens is 314 g/mol. The predicted molar refractivity (Wildman–Crippen MR) is 81.9 cm³/mol. The average Bonchev–Trinajstić information content (AvgIpc) is 2.85. The molecule has 1 aliphatic rings. The van der Waals surface area contributed by atoms with Crippen LogP contribution in [0.2, 0.25) is 5.02 Å². The lowest BCUT2D eigenvalue weighted by atomic mass is 10.0. The highest BCUT2D eigenvalue weighted by Gasteiger charge is 2.28. The highest BCUT2D eigenvalue weighted by Crippen LogP contribution is 2.21. The number of sulfonamides is 1. The maximum atomic E-state index is 11.8. The highest BCUT2D eigenvalue weighted by atomic mass is 35.5. The third-order valence-electron chi connectivity index (χ3n) is 3.65. The molecule has 0 saturated carbocycles. The lowest BCUT2D eigenvalue weighted by Gasteiger charge is -2.33. The van der Waals surface area contributed by atoms with Gasteiger partial charge in [0.2, 0.25) is 10.0 Å². The summed E-state index contributed by atoms with van der Waals surface area (Å²) in [5.41, 5.74) is 0.406. The molecule has 1 fully saturated rings. The van der Waals surface area contributed by atoms with Gasteiger partial charge < -0.3 is 10.3 Å². The maximum Gasteiger partial charge on any atom is 0.267 e. The first kappa shape index (κ1) is 16.3. The number of carbonyl (C=O) groups is 1. The Morgan fingerprint density at radius 1 is 1.52 bits per heavy atom. The van der Waals surface area contributed by atoms with Crippen molar-refractivity contribution in [1.82, 2.24) is 14.6 Å². The van der Waals surface area contributed by atoms with Gasteiger partial charge in [0.25, 0.3) is 5.91 Å². The summed E-state index contributed by atoms with van der Waals surface area (Å²) in [6, 6.07) is 1.53. The van der Waals surface area contributed by atoms with Gasteiger partial charge in [-0.2, -0.15) is 4.31 Å². The number of rotatable bonds is 5. The minimum Gasteiger partial charge on any atom is -0.356 e. The summed E-state index contributed by atoms with van der Waals surface area (Å²) >= 11 is 5.74. The maximum absolute atomic E-state index is 11.8. The first-order chi connectivity index (χ1) is 9.88. The quantitative estimate of drug-likeness (QED) is 0.858. The first-order valence-corrected chi connectivity index (χ1v) is 9.19. The van der Waals surface area contributed by atoms with Gasteiger partial charge in [0.15, 0.2) is 0 Å². The molecule has 2 rings (SSSR count). The van der Waals surface area contributed by atoms with Crippen molar-refractivity contribution in [3.63, 3.8) is 0 Å². The normalized spacial score (nSPS) is 20.4. The van der Waals surface area contributed by atoms with Crippen molar-refractivity contribution in [1.29, 1.82) is 0 Å². The van der Waals surface area contributed by atoms with Crippen LogP contribution in [0, 0.1) is 0 Å². The van der Waals surface area contributed by atoms with E-state index < -0.39 is 10.0 Å². The van der Waals surface area contributed by atoms with Crippen LogP contribution in [0.1, 0.15) is 36.2 Å². The van der Waals surface area contributed by atoms with Crippen LogP contribution in [-0.4, -0.2) is 49.0 Å². The van der Waals surface area contributed by atoms with Crippen molar-refractivity contribution in [2.75, 3.05) is 19.3 Å². The zero-order valence-corrected chi connectivity index (χ0v) is 13.5. The molecule has 1 atom stereocenters. The van der Waals surface area contributed by atoms with Crippen LogP contribution in [0.5, 0.6) is 0 Å². The molecule has 0 radical (unpaired) electrons. The number of amides is 1. The summed E-state index contributed by atoms with van der Waals surface area (Å²) in [6.07, 6.45) is 6.17. The Kier molecular flexibility index (Phi) is 5.29. The van der Waals surface area contributed by atoms with Crippen molar-refractivity contribution >= 4 is 27.5 Å². The third-order valence-corrected chi connectivity index (χ3v) is 5.21. The Balaban J connectivity index is 1.85. The predicted octanol–water partition coefficient (Wildman–Crippen LogP) is 1.60. The molecule has 1 aliphatic heterocycles. The van der Waals surface area contributed by atoms with Crippen LogP contribution in [0.25, 0.3) is 0 Å². The van der Waals surface area contributed by atoms with E-state index in [4.69, 9.17) is 11.6 Å². The fourth-order valence-electron chi connectivity index (χ4n) is 2.65. The number of nitrogens with one attached hydrogen (secondary N) is 2. The summed E-state index contributed by atoms with van der Waals surface area (Å²) in [7, 11) is -3.18. The van der Waals surface area contributed by atoms with Crippen molar-refractivity contribution in [3.8, 4) is 0 Å². The monoisotopic (exact) mass is 333 g/mol. The Hall–Kier alpha value is -1.05. The number of aromatic amines is 1. The molecule has 118 valence electrons. The SMILES string of the molecule is CS(=O)(=O)N1CCCC[C@H]1CCNC(=O)c1cc(Cl)c[nH]1. The van der Waals surface area contributed by atoms with E-state index in [1.54, 1.807) is 16.6 Å². The summed E-state index contributed by atoms with van der Waals surface area (Å²) in [4.78, 5) is 14.6. The number of aromatic nitrogens is 1. The van der Waals surface area contributed by atoms with Gasteiger partial charge in [-0.05, 0) is 25.3 Å². The minimum atomic E-state index is -3.18. The average molecular weight is 334 g/mol. The number of H-pyrrole nitrogens is 1. The van der Waals surface area contributed by atoms with Crippen molar-refractivity contribution in [2.24, 2.45) is 0 Å². The van der Waals surface area contributed by atoms with Gasteiger partial charge in [0.1, 0.15) is 5.69 Å². The number of carbonyl (C=O) groups excluding carboxylic acids is 1. The molecule has 0 aromatic carbocycles. The lowest BCUT2D eigenvalue weighted by Crippen LogP contribution is -2.44. The number of halogens is 1. The van der Waals surface area contributed by atoms with Crippen molar-refractivity contribution < 1.29 is 13.2 Å². The van der Waals surface area contributed by atoms with Crippen LogP contribution in [-0.2, 0) is 10.0 Å². The van der Waals surface area contributed by atoms with Crippen LogP contribution < -0.4 is 5.32 Å². The second kappa shape index (κ2) is 6.81. The standard InChI is InChI=1S/C13H20ClN3O3S/c1-21(19,20)17-7-3-2-4-11(17)5-6-15-13(18)12-8-10(14)9-16-12/h8-9,11,16H,2-7H2,1H3,(H,15,18)/t11-/m0/s1. The van der Waals surface area contributed by atoms with Gasteiger partial charge in [0, 0.05) is 25.3 Å². The number of hydrogen-bond acceptors (Lipinski definition) is 3. The van der Waals surface area contributed by atoms with Crippen LogP contribution in [0.3, 0.4) is 0 Å². The molecule has 8 heteroatoms. The van der Waals surface area contributed by atoms with E-state index in [0.717, 1.165) is 19.3 Å². The van der Waals surface area contributed by atoms with E-state index in [1.807, 2.05) is 0 Å². The topological polar surface area (TPSA) is 82.3 Å². The molecule has 1 aromatic heterocycles. The van der Waals surface area contributed by atoms with Crippen molar-refractivity contribution in [3.05, 3.63) is 23.0 Å². The number of piperidine rings is 1. The molecule has 1 aromatic rings. The number of nitrogens with zero attached hydrogens (tertiary/aromatic N) is 1. The first-order valence-electron chi connectivity index (χ1n) is 6.97. The van der Waals surface area contributed by atoms with Gasteiger partial charge in [-0.1, -0.05) is 18.0 Å². The fraction of sp³-hybridized carbons (Fsp3) is 0.615. The van der Waals surface area contributed by atoms with Crippen LogP contribution in [0.4, 0.5) is 0 Å². The molecular formula is C13H20ClN3O3S. The summed E-state index contributed by atoms with van der Waals surface area (Å²) in [6.45, 7) is 1.01. The summed E-state index contributed by atoms with van der Waals surface area (Å²) in [5, 5.41) is 3.26. The van der Waals surface area contributed by atoms with Gasteiger partial charge in [-0.15, -0.1) is 0 Å². The lowest BCUT2D eigenvalue weighted by molar-refractivity contribution is 0.0945. The zero-order valence-electron chi connectivity index (χ0n) is 11.9. The Labute approximate surface area is 129 Å². The minimum absolute atomic E-state index is 0.0266. The zero-order chi connectivity index (χ0) is 15.5. The Morgan fingerprint density at radius 3 is 2.90 bits per heavy atom. The Morgan fingerprint density at radius 2 is 2.29 bits per heavy atom. The molecule has 0 bridgehead atoms. The Bertz CT molecular complexity index is 600. The van der Waals surface area contributed by atoms with Gasteiger partial charge in [0.05, 0.1) is 11.3 Å². The molecule has 1 saturated heterocycles. The molecule has 0 aliphatic carbocycles. The van der Waals surface area contributed by atoms with E-state index in [0.29, 0.717) is 30.2 Å². The molecule has 2 N–H and O–H groups in total. The smallest absolute Gasteiger partial charge is 0.267 e. The fourth-order valence-corrected chi connectivity index (χ4v) is 4.02. The second-order valence-electron chi connectivity index (χ2n) is 5.30. The molecule has 21 heavy (non-hydrogen) atoms. The third kappa shape index (κ3) is 4.46. The molecule has 6 nitrogen and oxygen atoms in total. The van der Waals surface area contributed by atoms with E-state index in [-0.39, 0.29) is 11.9 Å².